The van der Waals surface area contributed by atoms with Gasteiger partial charge in [0.15, 0.2) is 5.58 Å². The van der Waals surface area contributed by atoms with E-state index in [1.54, 1.807) is 24.3 Å². The van der Waals surface area contributed by atoms with Gasteiger partial charge in [0.25, 0.3) is 0 Å². The van der Waals surface area contributed by atoms with Crippen molar-refractivity contribution in [2.45, 2.75) is 26.2 Å². The lowest BCUT2D eigenvalue weighted by Crippen LogP contribution is -2.07. The predicted octanol–water partition coefficient (Wildman–Crippen LogP) is 7.97. The molecule has 0 fully saturated rings. The maximum Gasteiger partial charge on any atom is 0.248 e. The number of halogens is 2. The Morgan fingerprint density at radius 2 is 1.97 bits per heavy atom. The van der Waals surface area contributed by atoms with Crippen LogP contribution in [0.2, 0.25) is 10.0 Å². The van der Waals surface area contributed by atoms with Crippen molar-refractivity contribution in [2.24, 2.45) is 0 Å². The van der Waals surface area contributed by atoms with Crippen molar-refractivity contribution in [3.05, 3.63) is 87.9 Å². The molecule has 1 amide bonds. The van der Waals surface area contributed by atoms with E-state index in [4.69, 9.17) is 27.6 Å². The second-order valence-corrected chi connectivity index (χ2v) is 8.47. The number of fused-ring (bicyclic) bond motifs is 1. The smallest absolute Gasteiger partial charge is 0.248 e. The molecular weight excluding hydrogens is 443 g/mol. The Kier molecular flexibility index (Phi) is 6.63. The van der Waals surface area contributed by atoms with E-state index >= 15 is 0 Å². The highest BCUT2D eigenvalue weighted by molar-refractivity contribution is 6.35. The third-order valence-electron chi connectivity index (χ3n) is 5.35. The SMILES string of the molecule is CCC(C)c1ccc2oc(-c3cccc(NC(=O)C=Cc4ccc(Cl)cc4Cl)c3)nc2c1. The molecule has 0 aliphatic carbocycles. The number of nitrogens with one attached hydrogen (secondary N) is 1. The highest BCUT2D eigenvalue weighted by Gasteiger charge is 2.12. The first-order valence-corrected chi connectivity index (χ1v) is 11.1. The Morgan fingerprint density at radius 3 is 2.75 bits per heavy atom. The summed E-state index contributed by atoms with van der Waals surface area (Å²) in [5.74, 6) is 0.707. The molecule has 0 aliphatic rings. The zero-order chi connectivity index (χ0) is 22.7. The number of hydrogen-bond donors (Lipinski definition) is 1. The van der Waals surface area contributed by atoms with Crippen molar-refractivity contribution in [1.29, 1.82) is 0 Å². The molecule has 4 aromatic rings. The summed E-state index contributed by atoms with van der Waals surface area (Å²) in [5.41, 5.74) is 4.95. The van der Waals surface area contributed by atoms with E-state index in [-0.39, 0.29) is 5.91 Å². The van der Waals surface area contributed by atoms with Gasteiger partial charge in [-0.05, 0) is 72.0 Å². The highest BCUT2D eigenvalue weighted by atomic mass is 35.5. The zero-order valence-electron chi connectivity index (χ0n) is 17.7. The van der Waals surface area contributed by atoms with Gasteiger partial charge in [0.1, 0.15) is 5.52 Å². The molecule has 32 heavy (non-hydrogen) atoms. The molecule has 0 spiro atoms. The van der Waals surface area contributed by atoms with Crippen LogP contribution in [0.25, 0.3) is 28.6 Å². The van der Waals surface area contributed by atoms with Crippen LogP contribution < -0.4 is 5.32 Å². The molecule has 6 heteroatoms. The summed E-state index contributed by atoms with van der Waals surface area (Å²) in [6.07, 6.45) is 4.14. The summed E-state index contributed by atoms with van der Waals surface area (Å²) in [4.78, 5) is 17.0. The molecule has 1 N–H and O–H groups in total. The fourth-order valence-corrected chi connectivity index (χ4v) is 3.80. The summed E-state index contributed by atoms with van der Waals surface area (Å²) >= 11 is 12.1. The van der Waals surface area contributed by atoms with Gasteiger partial charge in [-0.25, -0.2) is 4.98 Å². The van der Waals surface area contributed by atoms with Crippen molar-refractivity contribution in [3.8, 4) is 11.5 Å². The lowest BCUT2D eigenvalue weighted by molar-refractivity contribution is -0.111. The van der Waals surface area contributed by atoms with Crippen LogP contribution >= 0.6 is 23.2 Å². The van der Waals surface area contributed by atoms with Gasteiger partial charge in [-0.15, -0.1) is 0 Å². The lowest BCUT2D eigenvalue weighted by Gasteiger charge is -2.07. The van der Waals surface area contributed by atoms with Crippen molar-refractivity contribution < 1.29 is 9.21 Å². The summed E-state index contributed by atoms with van der Waals surface area (Å²) in [5, 5.41) is 3.88. The van der Waals surface area contributed by atoms with E-state index in [9.17, 15) is 4.79 Å². The van der Waals surface area contributed by atoms with Crippen LogP contribution in [-0.2, 0) is 4.79 Å². The van der Waals surface area contributed by atoms with E-state index in [0.717, 1.165) is 23.1 Å². The van der Waals surface area contributed by atoms with Crippen LogP contribution in [0.1, 0.15) is 37.3 Å². The topological polar surface area (TPSA) is 55.1 Å². The van der Waals surface area contributed by atoms with Crippen molar-refractivity contribution in [1.82, 2.24) is 4.98 Å². The van der Waals surface area contributed by atoms with Gasteiger partial charge < -0.3 is 9.73 Å². The zero-order valence-corrected chi connectivity index (χ0v) is 19.2. The van der Waals surface area contributed by atoms with Crippen LogP contribution in [0.3, 0.4) is 0 Å². The normalized spacial score (nSPS) is 12.4. The number of nitrogens with zero attached hydrogens (tertiary/aromatic N) is 1. The van der Waals surface area contributed by atoms with Gasteiger partial charge in [0.2, 0.25) is 11.8 Å². The average molecular weight is 465 g/mol. The second-order valence-electron chi connectivity index (χ2n) is 7.62. The van der Waals surface area contributed by atoms with Crippen LogP contribution in [-0.4, -0.2) is 10.9 Å². The fraction of sp³-hybridized carbons (Fsp3) is 0.154. The largest absolute Gasteiger partial charge is 0.436 e. The van der Waals surface area contributed by atoms with Crippen molar-refractivity contribution in [2.75, 3.05) is 5.32 Å². The van der Waals surface area contributed by atoms with E-state index in [0.29, 0.717) is 33.1 Å². The van der Waals surface area contributed by atoms with Crippen LogP contribution in [0.4, 0.5) is 5.69 Å². The second kappa shape index (κ2) is 9.60. The number of carbonyl (C=O) groups is 1. The van der Waals surface area contributed by atoms with E-state index < -0.39 is 0 Å². The van der Waals surface area contributed by atoms with Gasteiger partial charge in [-0.1, -0.05) is 55.2 Å². The average Bonchev–Trinajstić information content (AvgIpc) is 3.21. The van der Waals surface area contributed by atoms with E-state index in [1.807, 2.05) is 30.3 Å². The maximum atomic E-state index is 12.4. The molecule has 1 heterocycles. The van der Waals surface area contributed by atoms with Gasteiger partial charge in [0, 0.05) is 27.4 Å². The minimum Gasteiger partial charge on any atom is -0.436 e. The third kappa shape index (κ3) is 5.04. The molecule has 0 bridgehead atoms. The Bertz CT molecular complexity index is 1310. The number of carbonyl (C=O) groups excluding carboxylic acids is 1. The molecule has 3 aromatic carbocycles. The summed E-state index contributed by atoms with van der Waals surface area (Å²) < 4.78 is 5.95. The van der Waals surface area contributed by atoms with Gasteiger partial charge in [-0.3, -0.25) is 4.79 Å². The predicted molar refractivity (Wildman–Crippen MR) is 132 cm³/mol. The van der Waals surface area contributed by atoms with Crippen molar-refractivity contribution in [3.63, 3.8) is 0 Å². The van der Waals surface area contributed by atoms with Crippen LogP contribution in [0.15, 0.2) is 71.2 Å². The molecule has 0 saturated heterocycles. The first kappa shape index (κ1) is 22.1. The van der Waals surface area contributed by atoms with Gasteiger partial charge >= 0.3 is 0 Å². The molecule has 1 aromatic heterocycles. The Balaban J connectivity index is 1.52. The number of oxazole rings is 1. The van der Waals surface area contributed by atoms with Gasteiger partial charge in [-0.2, -0.15) is 0 Å². The fourth-order valence-electron chi connectivity index (χ4n) is 3.33. The highest BCUT2D eigenvalue weighted by Crippen LogP contribution is 2.29. The van der Waals surface area contributed by atoms with Gasteiger partial charge in [0.05, 0.1) is 0 Å². The van der Waals surface area contributed by atoms with Crippen LogP contribution in [0, 0.1) is 0 Å². The molecule has 1 atom stereocenters. The molecule has 0 saturated carbocycles. The Hall–Kier alpha value is -3.08. The lowest BCUT2D eigenvalue weighted by atomic mass is 9.98. The molecule has 0 radical (unpaired) electrons. The molecule has 4 nitrogen and oxygen atoms in total. The Morgan fingerprint density at radius 1 is 1.12 bits per heavy atom. The molecule has 162 valence electrons. The summed E-state index contributed by atoms with van der Waals surface area (Å²) in [6, 6.07) is 18.6. The first-order valence-electron chi connectivity index (χ1n) is 10.4. The van der Waals surface area contributed by atoms with Crippen LogP contribution in [0.5, 0.6) is 0 Å². The number of anilines is 1. The maximum absolute atomic E-state index is 12.4. The standard InChI is InChI=1S/C26H22Cl2N2O2/c1-3-16(2)18-8-11-24-23(14-18)30-26(32-24)19-5-4-6-21(13-19)29-25(31)12-9-17-7-10-20(27)15-22(17)28/h4-16H,3H2,1-2H3,(H,29,31). The summed E-state index contributed by atoms with van der Waals surface area (Å²) in [6.45, 7) is 4.37. The Labute approximate surface area is 196 Å². The quantitative estimate of drug-likeness (QED) is 0.294. The third-order valence-corrected chi connectivity index (χ3v) is 5.91. The number of amides is 1. The van der Waals surface area contributed by atoms with E-state index in [1.165, 1.54) is 11.6 Å². The summed E-state index contributed by atoms with van der Waals surface area (Å²) in [7, 11) is 0. The molecule has 4 rings (SSSR count). The first-order chi connectivity index (χ1) is 15.4. The number of aromatic nitrogens is 1. The molecule has 0 aliphatic heterocycles. The molecular formula is C26H22Cl2N2O2. The minimum absolute atomic E-state index is 0.274. The monoisotopic (exact) mass is 464 g/mol. The minimum atomic E-state index is -0.274. The number of hydrogen-bond acceptors (Lipinski definition) is 3. The number of benzene rings is 3. The van der Waals surface area contributed by atoms with Crippen molar-refractivity contribution >= 4 is 52.0 Å². The number of rotatable bonds is 6. The van der Waals surface area contributed by atoms with E-state index in [2.05, 4.69) is 36.3 Å². The molecule has 1 unspecified atom stereocenters.